The van der Waals surface area contributed by atoms with Gasteiger partial charge in [-0.25, -0.2) is 0 Å². The van der Waals surface area contributed by atoms with E-state index in [4.69, 9.17) is 9.47 Å². The second kappa shape index (κ2) is 11.3. The molecule has 0 aliphatic rings. The van der Waals surface area contributed by atoms with Crippen molar-refractivity contribution >= 4 is 11.9 Å². The summed E-state index contributed by atoms with van der Waals surface area (Å²) in [5.41, 5.74) is -4.03. The zero-order valence-corrected chi connectivity index (χ0v) is 19.6. The summed E-state index contributed by atoms with van der Waals surface area (Å²) in [6.45, 7) is 13.4. The van der Waals surface area contributed by atoms with E-state index in [0.717, 1.165) is 0 Å². The van der Waals surface area contributed by atoms with Gasteiger partial charge < -0.3 is 14.6 Å². The topological polar surface area (TPSA) is 72.8 Å². The molecule has 0 saturated heterocycles. The summed E-state index contributed by atoms with van der Waals surface area (Å²) >= 11 is 0. The van der Waals surface area contributed by atoms with Crippen LogP contribution in [-0.4, -0.2) is 41.5 Å². The normalized spacial score (nSPS) is 18.5. The van der Waals surface area contributed by atoms with Crippen LogP contribution in [0.4, 0.5) is 13.2 Å². The van der Waals surface area contributed by atoms with E-state index in [1.54, 1.807) is 34.6 Å². The first-order valence-corrected chi connectivity index (χ1v) is 10.6. The molecule has 0 radical (unpaired) electrons. The third-order valence-corrected chi connectivity index (χ3v) is 5.23. The van der Waals surface area contributed by atoms with E-state index in [-0.39, 0.29) is 31.3 Å². The molecule has 0 bridgehead atoms. The lowest BCUT2D eigenvalue weighted by Crippen LogP contribution is -2.46. The molecular weight excluding hydrogens is 401 g/mol. The molecule has 178 valence electrons. The van der Waals surface area contributed by atoms with E-state index in [2.05, 4.69) is 0 Å². The van der Waals surface area contributed by atoms with Crippen LogP contribution < -0.4 is 0 Å². The van der Waals surface area contributed by atoms with Gasteiger partial charge in [0.2, 0.25) is 0 Å². The van der Waals surface area contributed by atoms with Crippen molar-refractivity contribution in [3.8, 4) is 0 Å². The van der Waals surface area contributed by atoms with Crippen molar-refractivity contribution in [3.05, 3.63) is 0 Å². The van der Waals surface area contributed by atoms with E-state index in [0.29, 0.717) is 13.3 Å². The molecule has 0 aromatic heterocycles. The quantitative estimate of drug-likeness (QED) is 0.418. The molecule has 0 aliphatic carbocycles. The Labute approximate surface area is 178 Å². The van der Waals surface area contributed by atoms with E-state index < -0.39 is 47.6 Å². The predicted octanol–water partition coefficient (Wildman–Crippen LogP) is 5.29. The Balaban J connectivity index is 5.33. The van der Waals surface area contributed by atoms with Gasteiger partial charge >= 0.3 is 18.1 Å². The highest BCUT2D eigenvalue weighted by atomic mass is 19.4. The molecule has 5 nitrogen and oxygen atoms in total. The van der Waals surface area contributed by atoms with Crippen molar-refractivity contribution in [2.24, 2.45) is 23.2 Å². The Bertz CT molecular complexity index is 557. The van der Waals surface area contributed by atoms with Crippen molar-refractivity contribution in [2.75, 3.05) is 6.61 Å². The van der Waals surface area contributed by atoms with E-state index >= 15 is 0 Å². The Kier molecular flexibility index (Phi) is 10.9. The number of halogens is 3. The molecule has 0 fully saturated rings. The van der Waals surface area contributed by atoms with Crippen molar-refractivity contribution < 1.29 is 37.3 Å². The number of alkyl halides is 3. The monoisotopic (exact) mass is 440 g/mol. The summed E-state index contributed by atoms with van der Waals surface area (Å²) in [7, 11) is 0. The molecule has 1 N–H and O–H groups in total. The van der Waals surface area contributed by atoms with E-state index in [1.165, 1.54) is 0 Å². The number of rotatable bonds is 12. The third-order valence-electron chi connectivity index (χ3n) is 5.23. The van der Waals surface area contributed by atoms with Crippen LogP contribution in [0.5, 0.6) is 0 Å². The van der Waals surface area contributed by atoms with Gasteiger partial charge in [0.05, 0.1) is 17.9 Å². The van der Waals surface area contributed by atoms with Crippen LogP contribution in [0.2, 0.25) is 0 Å². The van der Waals surface area contributed by atoms with Gasteiger partial charge in [0, 0.05) is 6.42 Å². The van der Waals surface area contributed by atoms with Crippen molar-refractivity contribution in [2.45, 2.75) is 99.0 Å². The van der Waals surface area contributed by atoms with E-state index in [9.17, 15) is 27.9 Å². The summed E-state index contributed by atoms with van der Waals surface area (Å²) in [6.07, 6.45) is -5.99. The highest BCUT2D eigenvalue weighted by Gasteiger charge is 2.51. The van der Waals surface area contributed by atoms with Gasteiger partial charge in [0.25, 0.3) is 0 Å². The molecule has 0 aromatic carbocycles. The minimum atomic E-state index is -4.84. The lowest BCUT2D eigenvalue weighted by atomic mass is 9.79. The van der Waals surface area contributed by atoms with Gasteiger partial charge in [0.15, 0.2) is 5.60 Å². The second-order valence-electron chi connectivity index (χ2n) is 9.68. The lowest BCUT2D eigenvalue weighted by Gasteiger charge is -2.34. The van der Waals surface area contributed by atoms with Gasteiger partial charge in [-0.05, 0) is 44.9 Å². The number of ether oxygens (including phenoxy) is 2. The molecule has 4 atom stereocenters. The van der Waals surface area contributed by atoms with Crippen LogP contribution in [-0.2, 0) is 19.1 Å². The fourth-order valence-corrected chi connectivity index (χ4v) is 3.07. The summed E-state index contributed by atoms with van der Waals surface area (Å²) in [6, 6.07) is 0. The third kappa shape index (κ3) is 9.23. The van der Waals surface area contributed by atoms with Crippen molar-refractivity contribution in [1.29, 1.82) is 0 Å². The summed E-state index contributed by atoms with van der Waals surface area (Å²) in [4.78, 5) is 25.1. The molecule has 8 heteroatoms. The van der Waals surface area contributed by atoms with Gasteiger partial charge in [-0.1, -0.05) is 41.5 Å². The average molecular weight is 441 g/mol. The maximum atomic E-state index is 13.1. The number of aliphatic hydroxyl groups is 1. The molecule has 0 rings (SSSR count). The summed E-state index contributed by atoms with van der Waals surface area (Å²) in [5, 5.41) is 9.85. The molecule has 0 aromatic rings. The Morgan fingerprint density at radius 2 is 1.50 bits per heavy atom. The number of carbonyl (C=O) groups excluding carboxylic acids is 2. The largest absolute Gasteiger partial charge is 0.465 e. The molecule has 0 saturated carbocycles. The summed E-state index contributed by atoms with van der Waals surface area (Å²) in [5.74, 6) is -1.51. The first-order valence-electron chi connectivity index (χ1n) is 10.6. The Morgan fingerprint density at radius 1 is 0.967 bits per heavy atom. The average Bonchev–Trinajstić information content (AvgIpc) is 2.57. The number of carbonyl (C=O) groups is 2. The molecule has 0 amide bonds. The molecule has 4 unspecified atom stereocenters. The molecular formula is C22H39F3O5. The Hall–Kier alpha value is -1.31. The lowest BCUT2D eigenvalue weighted by molar-refractivity contribution is -0.262. The standard InChI is InChI=1S/C22H39F3O5/c1-9-20(7,11-16(6)18(26)29-13-15(4)5)19(27)30-17(10-14(2)3)12-21(8,28)22(23,24)25/h14-17,28H,9-13H2,1-8H3. The fraction of sp³-hybridized carbons (Fsp3) is 0.909. The molecule has 0 spiro atoms. The van der Waals surface area contributed by atoms with Crippen LogP contribution in [0, 0.1) is 23.2 Å². The summed E-state index contributed by atoms with van der Waals surface area (Å²) < 4.78 is 50.1. The first-order chi connectivity index (χ1) is 13.4. The zero-order chi connectivity index (χ0) is 23.9. The highest BCUT2D eigenvalue weighted by molar-refractivity contribution is 5.78. The van der Waals surface area contributed by atoms with Crippen LogP contribution in [0.1, 0.15) is 81.1 Å². The van der Waals surface area contributed by atoms with E-state index in [1.807, 2.05) is 13.8 Å². The predicted molar refractivity (Wildman–Crippen MR) is 109 cm³/mol. The van der Waals surface area contributed by atoms with Crippen molar-refractivity contribution in [1.82, 2.24) is 0 Å². The molecule has 30 heavy (non-hydrogen) atoms. The number of hydrogen-bond donors (Lipinski definition) is 1. The van der Waals surface area contributed by atoms with Gasteiger partial charge in [-0.2, -0.15) is 13.2 Å². The first kappa shape index (κ1) is 28.7. The van der Waals surface area contributed by atoms with Gasteiger partial charge in [0.1, 0.15) is 6.10 Å². The number of esters is 2. The van der Waals surface area contributed by atoms with Crippen LogP contribution in [0.3, 0.4) is 0 Å². The maximum Gasteiger partial charge on any atom is 0.417 e. The van der Waals surface area contributed by atoms with Gasteiger partial charge in [-0.3, -0.25) is 9.59 Å². The van der Waals surface area contributed by atoms with Crippen LogP contribution in [0.15, 0.2) is 0 Å². The van der Waals surface area contributed by atoms with Gasteiger partial charge in [-0.15, -0.1) is 0 Å². The van der Waals surface area contributed by atoms with Crippen LogP contribution >= 0.6 is 0 Å². The SMILES string of the molecule is CCC(C)(CC(C)C(=O)OCC(C)C)C(=O)OC(CC(C)C)CC(C)(O)C(F)(F)F. The molecule has 0 heterocycles. The minimum Gasteiger partial charge on any atom is -0.465 e. The smallest absolute Gasteiger partial charge is 0.417 e. The van der Waals surface area contributed by atoms with Crippen LogP contribution in [0.25, 0.3) is 0 Å². The second-order valence-corrected chi connectivity index (χ2v) is 9.68. The minimum absolute atomic E-state index is 0.0374. The highest BCUT2D eigenvalue weighted by Crippen LogP contribution is 2.37. The molecule has 0 aliphatic heterocycles. The zero-order valence-electron chi connectivity index (χ0n) is 19.6. The fourth-order valence-electron chi connectivity index (χ4n) is 3.07. The van der Waals surface area contributed by atoms with Crippen molar-refractivity contribution in [3.63, 3.8) is 0 Å². The maximum absolute atomic E-state index is 13.1. The Morgan fingerprint density at radius 3 is 1.90 bits per heavy atom. The number of hydrogen-bond acceptors (Lipinski definition) is 5.